The second-order valence-corrected chi connectivity index (χ2v) is 7.73. The molecule has 2 heterocycles. The summed E-state index contributed by atoms with van der Waals surface area (Å²) in [6.07, 6.45) is 0.845. The zero-order valence-corrected chi connectivity index (χ0v) is 17.9. The van der Waals surface area contributed by atoms with E-state index in [-0.39, 0.29) is 0 Å². The second kappa shape index (κ2) is 9.34. The third-order valence-electron chi connectivity index (χ3n) is 5.33. The van der Waals surface area contributed by atoms with Crippen molar-refractivity contribution in [3.8, 4) is 17.2 Å². The summed E-state index contributed by atoms with van der Waals surface area (Å²) in [6.45, 7) is 5.09. The molecule has 0 bridgehead atoms. The summed E-state index contributed by atoms with van der Waals surface area (Å²) >= 11 is 6.41. The van der Waals surface area contributed by atoms with Gasteiger partial charge >= 0.3 is 0 Å². The molecule has 8 heteroatoms. The molecule has 0 aliphatic carbocycles. The zero-order valence-electron chi connectivity index (χ0n) is 17.1. The molecule has 4 rings (SSSR count). The number of piperazine rings is 1. The van der Waals surface area contributed by atoms with Crippen molar-refractivity contribution < 1.29 is 14.6 Å². The number of halogens is 1. The molecular formula is C22H27ClN4O3. The molecule has 160 valence electrons. The van der Waals surface area contributed by atoms with Crippen LogP contribution in [0.5, 0.6) is 17.2 Å². The van der Waals surface area contributed by atoms with Gasteiger partial charge in [-0.05, 0) is 29.8 Å². The Hall–Kier alpha value is -2.80. The minimum Gasteiger partial charge on any atom is -0.506 e. The number of hydrogen-bond acceptors (Lipinski definition) is 5. The van der Waals surface area contributed by atoms with E-state index < -0.39 is 0 Å². The van der Waals surface area contributed by atoms with E-state index in [1.54, 1.807) is 13.1 Å². The minimum absolute atomic E-state index is 0.319. The molecule has 0 saturated carbocycles. The predicted octanol–water partition coefficient (Wildman–Crippen LogP) is 3.10. The predicted molar refractivity (Wildman–Crippen MR) is 119 cm³/mol. The first-order valence-corrected chi connectivity index (χ1v) is 10.6. The molecule has 30 heavy (non-hydrogen) atoms. The molecule has 2 N–H and O–H groups in total. The molecule has 0 amide bonds. The van der Waals surface area contributed by atoms with Gasteiger partial charge in [0.2, 0.25) is 0 Å². The van der Waals surface area contributed by atoms with Gasteiger partial charge in [-0.3, -0.25) is 4.99 Å². The van der Waals surface area contributed by atoms with Crippen LogP contribution in [0.2, 0.25) is 5.02 Å². The Morgan fingerprint density at radius 3 is 2.67 bits per heavy atom. The summed E-state index contributed by atoms with van der Waals surface area (Å²) < 4.78 is 11.5. The number of aromatic hydroxyl groups is 1. The summed E-state index contributed by atoms with van der Waals surface area (Å²) in [5.74, 6) is 2.49. The maximum atomic E-state index is 10.1. The molecule has 0 atom stereocenters. The van der Waals surface area contributed by atoms with Crippen molar-refractivity contribution in [1.29, 1.82) is 0 Å². The Morgan fingerprint density at radius 2 is 1.90 bits per heavy atom. The maximum Gasteiger partial charge on any atom is 0.194 e. The van der Waals surface area contributed by atoms with Crippen LogP contribution < -0.4 is 19.7 Å². The van der Waals surface area contributed by atoms with E-state index in [9.17, 15) is 5.11 Å². The van der Waals surface area contributed by atoms with Gasteiger partial charge in [-0.25, -0.2) is 0 Å². The summed E-state index contributed by atoms with van der Waals surface area (Å²) in [7, 11) is 1.79. The average Bonchev–Trinajstić information content (AvgIpc) is 3.01. The van der Waals surface area contributed by atoms with Gasteiger partial charge in [0.15, 0.2) is 17.5 Å². The lowest BCUT2D eigenvalue weighted by atomic mass is 10.2. The fourth-order valence-corrected chi connectivity index (χ4v) is 4.08. The van der Waals surface area contributed by atoms with E-state index in [1.807, 2.05) is 30.3 Å². The number of benzene rings is 2. The Balaban J connectivity index is 1.36. The average molecular weight is 431 g/mol. The van der Waals surface area contributed by atoms with Crippen molar-refractivity contribution >= 4 is 23.2 Å². The number of nitrogens with zero attached hydrogens (tertiary/aromatic N) is 3. The van der Waals surface area contributed by atoms with E-state index in [0.29, 0.717) is 42.0 Å². The number of phenols is 1. The zero-order chi connectivity index (χ0) is 20.9. The number of ether oxygens (including phenoxy) is 2. The van der Waals surface area contributed by atoms with Crippen molar-refractivity contribution in [3.05, 3.63) is 47.0 Å². The molecule has 7 nitrogen and oxygen atoms in total. The van der Waals surface area contributed by atoms with Gasteiger partial charge in [-0.1, -0.05) is 23.7 Å². The first-order chi connectivity index (χ1) is 14.7. The minimum atomic E-state index is 0.319. The Kier molecular flexibility index (Phi) is 6.38. The number of fused-ring (bicyclic) bond motifs is 1. The van der Waals surface area contributed by atoms with E-state index in [4.69, 9.17) is 21.1 Å². The molecule has 1 saturated heterocycles. The molecule has 2 aliphatic rings. The highest BCUT2D eigenvalue weighted by atomic mass is 35.5. The number of anilines is 1. The molecule has 2 aromatic carbocycles. The Labute approximate surface area is 181 Å². The molecule has 2 aliphatic heterocycles. The number of para-hydroxylation sites is 2. The molecule has 2 aromatic rings. The lowest BCUT2D eigenvalue weighted by Crippen LogP contribution is -2.52. The van der Waals surface area contributed by atoms with Crippen LogP contribution >= 0.6 is 11.6 Å². The van der Waals surface area contributed by atoms with Crippen LogP contribution in [0.25, 0.3) is 0 Å². The third-order valence-corrected chi connectivity index (χ3v) is 5.61. The molecule has 0 unspecified atom stereocenters. The van der Waals surface area contributed by atoms with E-state index in [2.05, 4.69) is 20.1 Å². The quantitative estimate of drug-likeness (QED) is 0.576. The Bertz CT molecular complexity index is 913. The van der Waals surface area contributed by atoms with Crippen LogP contribution in [-0.4, -0.2) is 62.4 Å². The highest BCUT2D eigenvalue weighted by molar-refractivity contribution is 6.32. The molecule has 0 radical (unpaired) electrons. The molecule has 1 fully saturated rings. The monoisotopic (exact) mass is 430 g/mol. The van der Waals surface area contributed by atoms with Crippen molar-refractivity contribution in [2.45, 2.75) is 13.0 Å². The standard InChI is InChI=1S/C22H27ClN4O3/c1-24-22(27-9-7-26(8-10-27)18-5-2-3-6-19(18)28)25-15-16-13-17(23)21-20(14-16)29-11-4-12-30-21/h2-3,5-6,13-14,28H,4,7-12,15H2,1H3,(H,24,25). The van der Waals surface area contributed by atoms with Gasteiger partial charge in [0.1, 0.15) is 5.75 Å². The number of phenolic OH excluding ortho intramolecular Hbond substituents is 1. The summed E-state index contributed by atoms with van der Waals surface area (Å²) in [5.41, 5.74) is 1.89. The summed E-state index contributed by atoms with van der Waals surface area (Å²) in [6, 6.07) is 11.3. The van der Waals surface area contributed by atoms with Crippen LogP contribution in [0, 0.1) is 0 Å². The van der Waals surface area contributed by atoms with Gasteiger partial charge in [0, 0.05) is 46.2 Å². The Morgan fingerprint density at radius 1 is 1.13 bits per heavy atom. The number of rotatable bonds is 3. The van der Waals surface area contributed by atoms with Crippen LogP contribution in [0.3, 0.4) is 0 Å². The number of hydrogen-bond donors (Lipinski definition) is 2. The number of aliphatic imine (C=N–C) groups is 1. The SMILES string of the molecule is CN=C(NCc1cc(Cl)c2c(c1)OCCCO2)N1CCN(c2ccccc2O)CC1. The van der Waals surface area contributed by atoms with Gasteiger partial charge < -0.3 is 29.7 Å². The molecule has 0 aromatic heterocycles. The van der Waals surface area contributed by atoms with E-state index >= 15 is 0 Å². The van der Waals surface area contributed by atoms with Crippen molar-refractivity contribution in [3.63, 3.8) is 0 Å². The first kappa shape index (κ1) is 20.5. The largest absolute Gasteiger partial charge is 0.506 e. The highest BCUT2D eigenvalue weighted by Crippen LogP contribution is 2.38. The maximum absolute atomic E-state index is 10.1. The van der Waals surface area contributed by atoms with Gasteiger partial charge in [0.05, 0.1) is 23.9 Å². The van der Waals surface area contributed by atoms with Crippen LogP contribution in [-0.2, 0) is 6.54 Å². The summed E-state index contributed by atoms with van der Waals surface area (Å²) in [4.78, 5) is 8.86. The number of guanidine groups is 1. The van der Waals surface area contributed by atoms with Crippen molar-refractivity contribution in [2.24, 2.45) is 4.99 Å². The van der Waals surface area contributed by atoms with Crippen molar-refractivity contribution in [2.75, 3.05) is 51.3 Å². The summed E-state index contributed by atoms with van der Waals surface area (Å²) in [5, 5.41) is 14.1. The highest BCUT2D eigenvalue weighted by Gasteiger charge is 2.22. The van der Waals surface area contributed by atoms with Crippen molar-refractivity contribution in [1.82, 2.24) is 10.2 Å². The molecule has 0 spiro atoms. The van der Waals surface area contributed by atoms with Gasteiger partial charge in [0.25, 0.3) is 0 Å². The number of nitrogens with one attached hydrogen (secondary N) is 1. The van der Waals surface area contributed by atoms with E-state index in [1.165, 1.54) is 0 Å². The fourth-order valence-electron chi connectivity index (χ4n) is 3.79. The fraction of sp³-hybridized carbons (Fsp3) is 0.409. The van der Waals surface area contributed by atoms with E-state index in [0.717, 1.165) is 49.8 Å². The van der Waals surface area contributed by atoms with Gasteiger partial charge in [-0.2, -0.15) is 0 Å². The topological polar surface area (TPSA) is 69.6 Å². The lowest BCUT2D eigenvalue weighted by Gasteiger charge is -2.37. The first-order valence-electron chi connectivity index (χ1n) is 10.2. The van der Waals surface area contributed by atoms with Gasteiger partial charge in [-0.15, -0.1) is 0 Å². The smallest absolute Gasteiger partial charge is 0.194 e. The third kappa shape index (κ3) is 4.51. The van der Waals surface area contributed by atoms with Crippen LogP contribution in [0.4, 0.5) is 5.69 Å². The second-order valence-electron chi connectivity index (χ2n) is 7.32. The lowest BCUT2D eigenvalue weighted by molar-refractivity contribution is 0.297. The normalized spacial score (nSPS) is 16.9. The van der Waals surface area contributed by atoms with Crippen LogP contribution in [0.1, 0.15) is 12.0 Å². The van der Waals surface area contributed by atoms with Crippen LogP contribution in [0.15, 0.2) is 41.4 Å². The molecular weight excluding hydrogens is 404 g/mol.